The number of carbonyl (C=O) groups is 2. The number of benzene rings is 2. The van der Waals surface area contributed by atoms with Gasteiger partial charge in [0.25, 0.3) is 0 Å². The maximum absolute atomic E-state index is 13.3. The van der Waals surface area contributed by atoms with E-state index in [2.05, 4.69) is 0 Å². The van der Waals surface area contributed by atoms with Gasteiger partial charge in [0.15, 0.2) is 0 Å². The van der Waals surface area contributed by atoms with E-state index < -0.39 is 17.7 Å². The molecule has 156 valence electrons. The Morgan fingerprint density at radius 1 is 1.07 bits per heavy atom. The predicted octanol–water partition coefficient (Wildman–Crippen LogP) is 4.41. The fourth-order valence-electron chi connectivity index (χ4n) is 3.99. The van der Waals surface area contributed by atoms with E-state index in [-0.39, 0.29) is 6.54 Å². The van der Waals surface area contributed by atoms with Crippen LogP contribution in [-0.2, 0) is 9.59 Å². The van der Waals surface area contributed by atoms with Gasteiger partial charge in [0.2, 0.25) is 11.8 Å². The van der Waals surface area contributed by atoms with Gasteiger partial charge in [0.05, 0.1) is 6.07 Å². The van der Waals surface area contributed by atoms with Crippen molar-refractivity contribution in [3.8, 4) is 17.6 Å². The van der Waals surface area contributed by atoms with Crippen LogP contribution in [0.3, 0.4) is 0 Å². The van der Waals surface area contributed by atoms with E-state index in [1.165, 1.54) is 11.3 Å². The molecular formula is C24H27N3O3. The first-order valence-electron chi connectivity index (χ1n) is 10.4. The van der Waals surface area contributed by atoms with Crippen LogP contribution in [0.2, 0.25) is 0 Å². The molecule has 3 rings (SSSR count). The van der Waals surface area contributed by atoms with Crippen molar-refractivity contribution in [2.75, 3.05) is 11.4 Å². The molecule has 1 aliphatic carbocycles. The number of amides is 2. The topological polar surface area (TPSA) is 96.4 Å². The molecule has 0 radical (unpaired) electrons. The van der Waals surface area contributed by atoms with Crippen LogP contribution in [0, 0.1) is 23.2 Å². The molecule has 1 atom stereocenters. The van der Waals surface area contributed by atoms with Crippen molar-refractivity contribution in [1.82, 2.24) is 0 Å². The van der Waals surface area contributed by atoms with Crippen molar-refractivity contribution in [2.45, 2.75) is 38.5 Å². The van der Waals surface area contributed by atoms with E-state index in [1.54, 1.807) is 24.3 Å². The number of ether oxygens (including phenoxy) is 1. The fourth-order valence-corrected chi connectivity index (χ4v) is 3.99. The molecule has 30 heavy (non-hydrogen) atoms. The summed E-state index contributed by atoms with van der Waals surface area (Å²) in [4.78, 5) is 26.7. The Morgan fingerprint density at radius 2 is 1.77 bits per heavy atom. The van der Waals surface area contributed by atoms with Crippen molar-refractivity contribution in [3.05, 3.63) is 54.6 Å². The van der Waals surface area contributed by atoms with Gasteiger partial charge in [-0.3, -0.25) is 14.5 Å². The molecule has 6 nitrogen and oxygen atoms in total. The number of nitrogens with two attached hydrogens (primary N) is 1. The molecule has 2 amide bonds. The molecule has 6 heteroatoms. The Bertz CT molecular complexity index is 901. The summed E-state index contributed by atoms with van der Waals surface area (Å²) < 4.78 is 5.84. The summed E-state index contributed by atoms with van der Waals surface area (Å²) in [6, 6.07) is 18.3. The monoisotopic (exact) mass is 405 g/mol. The van der Waals surface area contributed by atoms with Crippen molar-refractivity contribution in [2.24, 2.45) is 17.6 Å². The lowest BCUT2D eigenvalue weighted by Crippen LogP contribution is -2.43. The molecule has 0 aliphatic heterocycles. The zero-order valence-corrected chi connectivity index (χ0v) is 17.0. The number of para-hydroxylation sites is 1. The van der Waals surface area contributed by atoms with Gasteiger partial charge >= 0.3 is 0 Å². The summed E-state index contributed by atoms with van der Waals surface area (Å²) in [5.41, 5.74) is 6.11. The van der Waals surface area contributed by atoms with E-state index in [0.717, 1.165) is 25.7 Å². The van der Waals surface area contributed by atoms with Crippen LogP contribution in [0.4, 0.5) is 5.69 Å². The van der Waals surface area contributed by atoms with Crippen molar-refractivity contribution in [1.29, 1.82) is 5.26 Å². The highest BCUT2D eigenvalue weighted by atomic mass is 16.5. The Kier molecular flexibility index (Phi) is 7.45. The minimum atomic E-state index is -0.930. The summed E-state index contributed by atoms with van der Waals surface area (Å²) in [6.45, 7) is -0.165. The summed E-state index contributed by atoms with van der Waals surface area (Å²) in [5.74, 6) is -0.466. The van der Waals surface area contributed by atoms with Crippen LogP contribution in [0.1, 0.15) is 38.5 Å². The lowest BCUT2D eigenvalue weighted by Gasteiger charge is -2.28. The average Bonchev–Trinajstić information content (AvgIpc) is 2.77. The maximum atomic E-state index is 13.3. The highest BCUT2D eigenvalue weighted by Crippen LogP contribution is 2.31. The van der Waals surface area contributed by atoms with E-state index >= 15 is 0 Å². The highest BCUT2D eigenvalue weighted by molar-refractivity contribution is 6.07. The number of hydrogen-bond donors (Lipinski definition) is 1. The lowest BCUT2D eigenvalue weighted by molar-refractivity contribution is -0.132. The van der Waals surface area contributed by atoms with Crippen LogP contribution in [0.15, 0.2) is 54.6 Å². The Morgan fingerprint density at radius 3 is 2.43 bits per heavy atom. The third kappa shape index (κ3) is 5.60. The SMILES string of the molecule is N#CCN(C(=O)C(CC1CCCCC1)C(N)=O)c1cccc(Oc2ccccc2)c1. The second kappa shape index (κ2) is 10.4. The van der Waals surface area contributed by atoms with Crippen molar-refractivity contribution < 1.29 is 14.3 Å². The first kappa shape index (κ1) is 21.4. The van der Waals surface area contributed by atoms with Crippen LogP contribution < -0.4 is 15.4 Å². The molecule has 2 aromatic carbocycles. The first-order valence-corrected chi connectivity index (χ1v) is 10.4. The number of rotatable bonds is 8. The number of carbonyl (C=O) groups excluding carboxylic acids is 2. The highest BCUT2D eigenvalue weighted by Gasteiger charge is 2.32. The fraction of sp³-hybridized carbons (Fsp3) is 0.375. The second-order valence-corrected chi connectivity index (χ2v) is 7.69. The van der Waals surface area contributed by atoms with Gasteiger partial charge in [-0.15, -0.1) is 0 Å². The quantitative estimate of drug-likeness (QED) is 0.520. The summed E-state index contributed by atoms with van der Waals surface area (Å²) >= 11 is 0. The molecule has 0 saturated heterocycles. The number of hydrogen-bond acceptors (Lipinski definition) is 4. The Balaban J connectivity index is 1.81. The summed E-state index contributed by atoms with van der Waals surface area (Å²) in [6.07, 6.45) is 5.89. The number of nitrogens with zero attached hydrogens (tertiary/aromatic N) is 2. The normalized spacial score (nSPS) is 15.0. The van der Waals surface area contributed by atoms with Gasteiger partial charge in [-0.05, 0) is 36.6 Å². The third-order valence-corrected chi connectivity index (χ3v) is 5.54. The summed E-state index contributed by atoms with van der Waals surface area (Å²) in [5, 5.41) is 9.30. The molecule has 1 fully saturated rings. The molecular weight excluding hydrogens is 378 g/mol. The van der Waals surface area contributed by atoms with Crippen molar-refractivity contribution in [3.63, 3.8) is 0 Å². The molecule has 2 N–H and O–H groups in total. The van der Waals surface area contributed by atoms with Crippen molar-refractivity contribution >= 4 is 17.5 Å². The first-order chi connectivity index (χ1) is 14.6. The van der Waals surface area contributed by atoms with E-state index in [9.17, 15) is 14.9 Å². The number of nitriles is 1. The zero-order chi connectivity index (χ0) is 21.3. The average molecular weight is 405 g/mol. The molecule has 0 spiro atoms. The van der Waals surface area contributed by atoms with Gasteiger partial charge < -0.3 is 10.5 Å². The number of primary amides is 1. The largest absolute Gasteiger partial charge is 0.457 e. The Labute approximate surface area is 177 Å². The van der Waals surface area contributed by atoms with Gasteiger partial charge in [0, 0.05) is 11.8 Å². The molecule has 1 saturated carbocycles. The van der Waals surface area contributed by atoms with E-state index in [0.29, 0.717) is 29.5 Å². The van der Waals surface area contributed by atoms with Gasteiger partial charge in [0.1, 0.15) is 24.0 Å². The second-order valence-electron chi connectivity index (χ2n) is 7.69. The molecule has 0 bridgehead atoms. The standard InChI is InChI=1S/C24H27N3O3/c25-14-15-27(24(29)22(23(26)28)16-18-8-3-1-4-9-18)19-10-7-13-21(17-19)30-20-11-5-2-6-12-20/h2,5-7,10-13,17-18,22H,1,3-4,8-9,15-16H2,(H2,26,28). The smallest absolute Gasteiger partial charge is 0.240 e. The number of anilines is 1. The zero-order valence-electron chi connectivity index (χ0n) is 17.0. The van der Waals surface area contributed by atoms with Gasteiger partial charge in [-0.1, -0.05) is 56.4 Å². The Hall–Kier alpha value is -3.33. The van der Waals surface area contributed by atoms with Crippen LogP contribution in [0.5, 0.6) is 11.5 Å². The summed E-state index contributed by atoms with van der Waals surface area (Å²) in [7, 11) is 0. The van der Waals surface area contributed by atoms with Crippen LogP contribution >= 0.6 is 0 Å². The molecule has 2 aromatic rings. The molecule has 0 aromatic heterocycles. The minimum absolute atomic E-state index is 0.165. The third-order valence-electron chi connectivity index (χ3n) is 5.54. The van der Waals surface area contributed by atoms with E-state index in [4.69, 9.17) is 10.5 Å². The molecule has 0 heterocycles. The predicted molar refractivity (Wildman–Crippen MR) is 115 cm³/mol. The molecule has 1 unspecified atom stereocenters. The molecule has 1 aliphatic rings. The van der Waals surface area contributed by atoms with Gasteiger partial charge in [-0.2, -0.15) is 5.26 Å². The maximum Gasteiger partial charge on any atom is 0.240 e. The van der Waals surface area contributed by atoms with Gasteiger partial charge in [-0.25, -0.2) is 0 Å². The van der Waals surface area contributed by atoms with Crippen LogP contribution in [0.25, 0.3) is 0 Å². The van der Waals surface area contributed by atoms with Crippen LogP contribution in [-0.4, -0.2) is 18.4 Å². The van der Waals surface area contributed by atoms with E-state index in [1.807, 2.05) is 36.4 Å². The minimum Gasteiger partial charge on any atom is -0.457 e. The lowest BCUT2D eigenvalue weighted by atomic mass is 9.82.